The molecular weight excluding hydrogens is 629 g/mol. The first kappa shape index (κ1) is 36.0. The van der Waals surface area contributed by atoms with Crippen LogP contribution in [0.4, 0.5) is 0 Å². The second-order valence-corrected chi connectivity index (χ2v) is 12.8. The average Bonchev–Trinajstić information content (AvgIpc) is 3.54. The van der Waals surface area contributed by atoms with Crippen LogP contribution in [0.25, 0.3) is 22.3 Å². The Morgan fingerprint density at radius 2 is 0.981 bits per heavy atom. The minimum Gasteiger partial charge on any atom is -0.313 e. The van der Waals surface area contributed by atoms with E-state index < -0.39 is 0 Å². The van der Waals surface area contributed by atoms with Gasteiger partial charge in [-0.15, -0.1) is 0 Å². The molecule has 1 N–H and O–H groups in total. The number of rotatable bonds is 8. The fourth-order valence-corrected chi connectivity index (χ4v) is 7.13. The largest absolute Gasteiger partial charge is 0.313 e. The van der Waals surface area contributed by atoms with E-state index >= 15 is 0 Å². The Morgan fingerprint density at radius 3 is 1.54 bits per heavy atom. The lowest BCUT2D eigenvalue weighted by Gasteiger charge is -2.34. The van der Waals surface area contributed by atoms with Gasteiger partial charge in [-0.25, -0.2) is 0 Å². The summed E-state index contributed by atoms with van der Waals surface area (Å²) in [5.41, 5.74) is 13.9. The summed E-state index contributed by atoms with van der Waals surface area (Å²) >= 11 is 0. The predicted molar refractivity (Wildman–Crippen MR) is 222 cm³/mol. The molecule has 1 atom stereocenters. The van der Waals surface area contributed by atoms with Gasteiger partial charge in [-0.2, -0.15) is 0 Å². The molecule has 0 radical (unpaired) electrons. The van der Waals surface area contributed by atoms with E-state index in [0.29, 0.717) is 6.04 Å². The molecule has 1 unspecified atom stereocenters. The van der Waals surface area contributed by atoms with Crippen molar-refractivity contribution in [1.82, 2.24) is 5.32 Å². The Morgan fingerprint density at radius 1 is 0.519 bits per heavy atom. The second kappa shape index (κ2) is 17.4. The molecule has 8 rings (SSSR count). The van der Waals surface area contributed by atoms with E-state index in [0.717, 1.165) is 12.1 Å². The summed E-state index contributed by atoms with van der Waals surface area (Å²) in [4.78, 5) is 4.49. The van der Waals surface area contributed by atoms with E-state index in [9.17, 15) is 0 Å². The predicted octanol–water partition coefficient (Wildman–Crippen LogP) is 12.3. The quantitative estimate of drug-likeness (QED) is 0.159. The third-order valence-corrected chi connectivity index (χ3v) is 9.81. The van der Waals surface area contributed by atoms with Crippen LogP contribution in [0.15, 0.2) is 193 Å². The summed E-state index contributed by atoms with van der Waals surface area (Å²) in [6.07, 6.45) is 1.93. The molecular formula is C50H48N2. The van der Waals surface area contributed by atoms with Gasteiger partial charge in [0.2, 0.25) is 0 Å². The van der Waals surface area contributed by atoms with Crippen molar-refractivity contribution in [2.24, 2.45) is 4.99 Å². The van der Waals surface area contributed by atoms with E-state index in [-0.39, 0.29) is 5.41 Å². The number of benzene rings is 7. The molecule has 2 nitrogen and oxygen atoms in total. The molecule has 1 aliphatic rings. The third kappa shape index (κ3) is 7.59. The van der Waals surface area contributed by atoms with Gasteiger partial charge < -0.3 is 5.32 Å². The maximum absolute atomic E-state index is 4.49. The van der Waals surface area contributed by atoms with Crippen LogP contribution in [-0.2, 0) is 12.0 Å². The molecule has 1 aliphatic carbocycles. The molecule has 52 heavy (non-hydrogen) atoms. The van der Waals surface area contributed by atoms with Crippen LogP contribution in [-0.4, -0.2) is 13.3 Å². The van der Waals surface area contributed by atoms with Crippen LogP contribution < -0.4 is 5.32 Å². The summed E-state index contributed by atoms with van der Waals surface area (Å²) in [6, 6.07) is 67.4. The van der Waals surface area contributed by atoms with Gasteiger partial charge in [0.05, 0.1) is 12.0 Å². The minimum atomic E-state index is -0.296. The summed E-state index contributed by atoms with van der Waals surface area (Å²) in [5.74, 6) is 0. The molecule has 0 aromatic heterocycles. The zero-order chi connectivity index (χ0) is 36.2. The Balaban J connectivity index is 0.000000179. The molecule has 2 heteroatoms. The second-order valence-electron chi connectivity index (χ2n) is 12.8. The topological polar surface area (TPSA) is 24.4 Å². The fourth-order valence-electron chi connectivity index (χ4n) is 7.13. The van der Waals surface area contributed by atoms with Gasteiger partial charge in [0, 0.05) is 12.3 Å². The van der Waals surface area contributed by atoms with Crippen LogP contribution in [0.3, 0.4) is 0 Å². The fraction of sp³-hybridized carbons (Fsp3) is 0.140. The zero-order valence-electron chi connectivity index (χ0n) is 30.7. The lowest BCUT2D eigenvalue weighted by Crippen LogP contribution is -2.28. The van der Waals surface area contributed by atoms with E-state index in [1.54, 1.807) is 0 Å². The Bertz CT molecular complexity index is 2110. The molecule has 7 aromatic rings. The number of nitrogens with one attached hydrogen (secondary N) is 1. The standard InChI is InChI=1S/C28H25N.C20H17N.C2H6/c1-20(29-2)21-16-18-23(19-17-21)28(22-10-4-3-5-11-22)26-14-8-6-12-24(26)25-13-7-9-15-27(25)28;1-3-7-17(8-4-1)15-21-16-18-11-13-20(14-12-18)19-9-5-2-6-10-19;1-2/h3-20,29H,1-2H3;1-14,16H,15H2;1-2H3. The van der Waals surface area contributed by atoms with Crippen LogP contribution in [0.5, 0.6) is 0 Å². The summed E-state index contributed by atoms with van der Waals surface area (Å²) < 4.78 is 0. The normalized spacial score (nSPS) is 12.8. The first-order chi connectivity index (χ1) is 25.7. The Kier molecular flexibility index (Phi) is 12.0. The van der Waals surface area contributed by atoms with Gasteiger partial charge in [0.25, 0.3) is 0 Å². The van der Waals surface area contributed by atoms with E-state index in [4.69, 9.17) is 0 Å². The molecule has 0 bridgehead atoms. The van der Waals surface area contributed by atoms with Crippen LogP contribution in [0, 0.1) is 0 Å². The number of hydrogen-bond donors (Lipinski definition) is 1. The van der Waals surface area contributed by atoms with Crippen molar-refractivity contribution in [3.8, 4) is 22.3 Å². The smallest absolute Gasteiger partial charge is 0.0713 e. The molecule has 0 aliphatic heterocycles. The molecule has 0 saturated carbocycles. The van der Waals surface area contributed by atoms with Crippen molar-refractivity contribution < 1.29 is 0 Å². The van der Waals surface area contributed by atoms with Crippen molar-refractivity contribution >= 4 is 6.21 Å². The van der Waals surface area contributed by atoms with Gasteiger partial charge in [0.15, 0.2) is 0 Å². The third-order valence-electron chi connectivity index (χ3n) is 9.81. The lowest BCUT2D eigenvalue weighted by molar-refractivity contribution is 0.651. The van der Waals surface area contributed by atoms with Gasteiger partial charge in [0.1, 0.15) is 0 Å². The van der Waals surface area contributed by atoms with Crippen LogP contribution in [0.2, 0.25) is 0 Å². The van der Waals surface area contributed by atoms with Crippen molar-refractivity contribution in [1.29, 1.82) is 0 Å². The van der Waals surface area contributed by atoms with E-state index in [1.165, 1.54) is 55.6 Å². The highest BCUT2D eigenvalue weighted by Crippen LogP contribution is 2.55. The maximum atomic E-state index is 4.49. The van der Waals surface area contributed by atoms with Crippen LogP contribution >= 0.6 is 0 Å². The SMILES string of the molecule is C(=NCc1ccccc1)c1ccc(-c2ccccc2)cc1.CC.CNC(C)c1ccc(C2(c3ccccc3)c3ccccc3-c3ccccc32)cc1. The van der Waals surface area contributed by atoms with Gasteiger partial charge in [-0.1, -0.05) is 202 Å². The lowest BCUT2D eigenvalue weighted by atomic mass is 9.67. The summed E-state index contributed by atoms with van der Waals surface area (Å²) in [5, 5.41) is 3.34. The minimum absolute atomic E-state index is 0.296. The molecule has 0 fully saturated rings. The number of hydrogen-bond acceptors (Lipinski definition) is 2. The maximum Gasteiger partial charge on any atom is 0.0713 e. The molecule has 7 aromatic carbocycles. The van der Waals surface area contributed by atoms with Crippen LogP contribution in [0.1, 0.15) is 65.8 Å². The zero-order valence-corrected chi connectivity index (χ0v) is 30.7. The highest BCUT2D eigenvalue weighted by Gasteiger charge is 2.45. The first-order valence-corrected chi connectivity index (χ1v) is 18.4. The number of aliphatic imine (C=N–C) groups is 1. The van der Waals surface area contributed by atoms with Gasteiger partial charge in [-0.05, 0) is 75.2 Å². The van der Waals surface area contributed by atoms with E-state index in [2.05, 4.69) is 181 Å². The van der Waals surface area contributed by atoms with Crippen molar-refractivity contribution in [3.63, 3.8) is 0 Å². The summed E-state index contributed by atoms with van der Waals surface area (Å²) in [7, 11) is 2.01. The van der Waals surface area contributed by atoms with Crippen molar-refractivity contribution in [2.75, 3.05) is 7.05 Å². The highest BCUT2D eigenvalue weighted by molar-refractivity contribution is 5.86. The van der Waals surface area contributed by atoms with Crippen molar-refractivity contribution in [2.45, 2.75) is 38.8 Å². The Labute approximate surface area is 310 Å². The average molecular weight is 677 g/mol. The molecule has 0 spiro atoms. The molecule has 0 amide bonds. The first-order valence-electron chi connectivity index (χ1n) is 18.4. The molecule has 0 heterocycles. The number of fused-ring (bicyclic) bond motifs is 3. The molecule has 258 valence electrons. The summed E-state index contributed by atoms with van der Waals surface area (Å²) in [6.45, 7) is 6.92. The van der Waals surface area contributed by atoms with Crippen molar-refractivity contribution in [3.05, 3.63) is 227 Å². The highest BCUT2D eigenvalue weighted by atomic mass is 14.8. The monoisotopic (exact) mass is 676 g/mol. The number of nitrogens with zero attached hydrogens (tertiary/aromatic N) is 1. The molecule has 0 saturated heterocycles. The van der Waals surface area contributed by atoms with Gasteiger partial charge in [-0.3, -0.25) is 4.99 Å². The Hall–Kier alpha value is -5.83. The van der Waals surface area contributed by atoms with Gasteiger partial charge >= 0.3 is 0 Å². The van der Waals surface area contributed by atoms with E-state index in [1.807, 2.05) is 51.4 Å².